The minimum absolute atomic E-state index is 0.352. The van der Waals surface area contributed by atoms with Crippen molar-refractivity contribution < 1.29 is 14.4 Å². The van der Waals surface area contributed by atoms with Crippen LogP contribution in [-0.2, 0) is 14.4 Å². The average molecular weight is 351 g/mol. The molecule has 7 heteroatoms. The zero-order valence-corrected chi connectivity index (χ0v) is 14.5. The molecule has 0 saturated carbocycles. The van der Waals surface area contributed by atoms with Gasteiger partial charge in [0.1, 0.15) is 0 Å². The summed E-state index contributed by atoms with van der Waals surface area (Å²) in [6.07, 6.45) is 3.69. The van der Waals surface area contributed by atoms with Gasteiger partial charge in [-0.1, -0.05) is 41.9 Å². The van der Waals surface area contributed by atoms with Gasteiger partial charge in [-0.15, -0.1) is 11.8 Å². The second-order valence-corrected chi connectivity index (χ2v) is 8.78. The molecule has 4 saturated heterocycles. The zero-order chi connectivity index (χ0) is 14.8. The minimum atomic E-state index is 0.352. The second kappa shape index (κ2) is 10.8. The van der Waals surface area contributed by atoms with Crippen LogP contribution in [0.5, 0.6) is 0 Å². The van der Waals surface area contributed by atoms with E-state index in [4.69, 9.17) is 0 Å². The first kappa shape index (κ1) is 18.2. The molecule has 0 aromatic heterocycles. The Kier molecular flexibility index (Phi) is 9.84. The standard InChI is InChI=1S/C4H6S.3C3H4OS/c1-4-2-3-5-4;3*4-3-1-2-5-3/h1-3H2;3*1-2H2. The molecule has 0 radical (unpaired) electrons. The lowest BCUT2D eigenvalue weighted by Gasteiger charge is -2.11. The second-order valence-electron chi connectivity index (χ2n) is 4.05. The van der Waals surface area contributed by atoms with E-state index in [-0.39, 0.29) is 0 Å². The quantitative estimate of drug-likeness (QED) is 0.661. The van der Waals surface area contributed by atoms with E-state index >= 15 is 0 Å². The Morgan fingerprint density at radius 2 is 0.750 bits per heavy atom. The lowest BCUT2D eigenvalue weighted by Crippen LogP contribution is -2.04. The maximum Gasteiger partial charge on any atom is 0.189 e. The van der Waals surface area contributed by atoms with E-state index in [1.54, 1.807) is 0 Å². The van der Waals surface area contributed by atoms with E-state index in [1.807, 2.05) is 11.8 Å². The third-order valence-corrected chi connectivity index (χ3v) is 6.22. The van der Waals surface area contributed by atoms with Crippen LogP contribution in [0.4, 0.5) is 0 Å². The van der Waals surface area contributed by atoms with Crippen LogP contribution < -0.4 is 0 Å². The third kappa shape index (κ3) is 9.15. The van der Waals surface area contributed by atoms with Crippen LogP contribution in [0.1, 0.15) is 25.7 Å². The normalized spacial score (nSPS) is 22.0. The summed E-state index contributed by atoms with van der Waals surface area (Å²) < 4.78 is 0. The Hall–Kier alpha value is 0.150. The Labute approximate surface area is 136 Å². The van der Waals surface area contributed by atoms with E-state index in [2.05, 4.69) is 6.58 Å². The van der Waals surface area contributed by atoms with Gasteiger partial charge in [-0.05, 0) is 11.3 Å². The molecule has 0 atom stereocenters. The molecular formula is C13H18O3S4. The van der Waals surface area contributed by atoms with E-state index in [0.717, 1.165) is 36.5 Å². The zero-order valence-electron chi connectivity index (χ0n) is 11.2. The van der Waals surface area contributed by atoms with Crippen molar-refractivity contribution in [3.63, 3.8) is 0 Å². The number of carbonyl (C=O) groups is 3. The average Bonchev–Trinajstić information content (AvgIpc) is 2.31. The highest BCUT2D eigenvalue weighted by atomic mass is 32.2. The molecule has 4 rings (SSSR count). The lowest BCUT2D eigenvalue weighted by atomic mass is 10.5. The predicted molar refractivity (Wildman–Crippen MR) is 92.5 cm³/mol. The monoisotopic (exact) mass is 350 g/mol. The van der Waals surface area contributed by atoms with Crippen molar-refractivity contribution in [2.45, 2.75) is 25.7 Å². The number of hydrogen-bond acceptors (Lipinski definition) is 7. The predicted octanol–water partition coefficient (Wildman–Crippen LogP) is 3.59. The number of thioether (sulfide) groups is 4. The molecule has 0 bridgehead atoms. The molecule has 4 aliphatic heterocycles. The molecule has 0 spiro atoms. The molecule has 4 heterocycles. The van der Waals surface area contributed by atoms with Crippen LogP contribution >= 0.6 is 47.0 Å². The van der Waals surface area contributed by atoms with Crippen LogP contribution in [-0.4, -0.2) is 38.4 Å². The maximum absolute atomic E-state index is 9.86. The van der Waals surface area contributed by atoms with Crippen LogP contribution in [0.3, 0.4) is 0 Å². The highest BCUT2D eigenvalue weighted by Crippen LogP contribution is 2.29. The summed E-state index contributed by atoms with van der Waals surface area (Å²) >= 11 is 6.13. The first-order valence-electron chi connectivity index (χ1n) is 6.35. The van der Waals surface area contributed by atoms with Gasteiger partial charge in [0.15, 0.2) is 15.3 Å². The minimum Gasteiger partial charge on any atom is -0.287 e. The summed E-state index contributed by atoms with van der Waals surface area (Å²) in [5.74, 6) is 4.47. The lowest BCUT2D eigenvalue weighted by molar-refractivity contribution is -0.112. The van der Waals surface area contributed by atoms with E-state index in [0.29, 0.717) is 15.3 Å². The van der Waals surface area contributed by atoms with Crippen molar-refractivity contribution >= 4 is 62.4 Å². The molecule has 4 fully saturated rings. The Bertz CT molecular complexity index is 286. The summed E-state index contributed by atoms with van der Waals surface area (Å²) in [7, 11) is 0. The highest BCUT2D eigenvalue weighted by Gasteiger charge is 2.11. The van der Waals surface area contributed by atoms with Gasteiger partial charge in [0, 0.05) is 42.3 Å². The van der Waals surface area contributed by atoms with Crippen LogP contribution in [0.15, 0.2) is 11.5 Å². The van der Waals surface area contributed by atoms with Crippen LogP contribution in [0, 0.1) is 0 Å². The Balaban J connectivity index is 0.000000133. The van der Waals surface area contributed by atoms with Gasteiger partial charge < -0.3 is 0 Å². The summed E-state index contributed by atoms with van der Waals surface area (Å²) in [5, 5.41) is 1.06. The van der Waals surface area contributed by atoms with Gasteiger partial charge in [-0.2, -0.15) is 0 Å². The molecule has 0 aliphatic carbocycles. The van der Waals surface area contributed by atoms with Gasteiger partial charge in [0.25, 0.3) is 0 Å². The summed E-state index contributed by atoms with van der Waals surface area (Å²) in [5.41, 5.74) is 0. The Morgan fingerprint density at radius 3 is 0.750 bits per heavy atom. The number of rotatable bonds is 0. The molecule has 0 unspecified atom stereocenters. The summed E-state index contributed by atoms with van der Waals surface area (Å²) in [4.78, 5) is 30.9. The fraction of sp³-hybridized carbons (Fsp3) is 0.615. The molecule has 0 aromatic carbocycles. The molecule has 0 amide bonds. The molecule has 20 heavy (non-hydrogen) atoms. The van der Waals surface area contributed by atoms with Gasteiger partial charge >= 0.3 is 0 Å². The SMILES string of the molecule is C=C1CCS1.O=C1CCS1.O=C1CCS1.O=C1CCS1. The van der Waals surface area contributed by atoms with Crippen LogP contribution in [0.2, 0.25) is 0 Å². The van der Waals surface area contributed by atoms with Crippen molar-refractivity contribution in [1.29, 1.82) is 0 Å². The number of carbonyl (C=O) groups excluding carboxylic acids is 3. The summed E-state index contributed by atoms with van der Waals surface area (Å²) in [6.45, 7) is 3.72. The maximum atomic E-state index is 9.86. The smallest absolute Gasteiger partial charge is 0.189 e. The molecule has 0 aromatic rings. The van der Waals surface area contributed by atoms with Gasteiger partial charge in [0.2, 0.25) is 0 Å². The summed E-state index contributed by atoms with van der Waals surface area (Å²) in [6, 6.07) is 0. The fourth-order valence-electron chi connectivity index (χ4n) is 0.803. The van der Waals surface area contributed by atoms with Crippen molar-refractivity contribution in [2.75, 3.05) is 23.0 Å². The van der Waals surface area contributed by atoms with Crippen molar-refractivity contribution in [3.05, 3.63) is 11.5 Å². The van der Waals surface area contributed by atoms with Crippen molar-refractivity contribution in [1.82, 2.24) is 0 Å². The topological polar surface area (TPSA) is 51.2 Å². The molecule has 4 aliphatic rings. The molecule has 0 N–H and O–H groups in total. The molecular weight excluding hydrogens is 332 g/mol. The van der Waals surface area contributed by atoms with E-state index in [9.17, 15) is 14.4 Å². The Morgan fingerprint density at radius 1 is 0.600 bits per heavy atom. The molecule has 112 valence electrons. The third-order valence-electron chi connectivity index (χ3n) is 2.39. The largest absolute Gasteiger partial charge is 0.287 e. The highest BCUT2D eigenvalue weighted by molar-refractivity contribution is 8.16. The van der Waals surface area contributed by atoms with Gasteiger partial charge in [-0.3, -0.25) is 14.4 Å². The van der Waals surface area contributed by atoms with Crippen molar-refractivity contribution in [2.24, 2.45) is 0 Å². The van der Waals surface area contributed by atoms with Crippen molar-refractivity contribution in [3.8, 4) is 0 Å². The van der Waals surface area contributed by atoms with Gasteiger partial charge in [-0.25, -0.2) is 0 Å². The number of hydrogen-bond donors (Lipinski definition) is 0. The van der Waals surface area contributed by atoms with Gasteiger partial charge in [0.05, 0.1) is 0 Å². The molecule has 3 nitrogen and oxygen atoms in total. The fourth-order valence-corrected chi connectivity index (χ4v) is 2.41. The van der Waals surface area contributed by atoms with Crippen LogP contribution in [0.25, 0.3) is 0 Å². The number of allylic oxidation sites excluding steroid dienone is 1. The first-order chi connectivity index (χ1) is 9.58. The van der Waals surface area contributed by atoms with E-state index < -0.39 is 0 Å². The van der Waals surface area contributed by atoms with E-state index in [1.165, 1.54) is 52.4 Å². The first-order valence-corrected chi connectivity index (χ1v) is 10.3.